The van der Waals surface area contributed by atoms with E-state index >= 15 is 0 Å². The van der Waals surface area contributed by atoms with Crippen LogP contribution in [0.2, 0.25) is 0 Å². The van der Waals surface area contributed by atoms with E-state index in [9.17, 15) is 35.5 Å². The zero-order valence-electron chi connectivity index (χ0n) is 18.0. The van der Waals surface area contributed by atoms with Crippen LogP contribution in [0.1, 0.15) is 70.3 Å². The first-order chi connectivity index (χ1) is 14.9. The number of halogens is 7. The normalized spacial score (nSPS) is 20.2. The van der Waals surface area contributed by atoms with Crippen molar-refractivity contribution < 1.29 is 40.3 Å². The van der Waals surface area contributed by atoms with Gasteiger partial charge in [-0.15, -0.1) is 0 Å². The van der Waals surface area contributed by atoms with Crippen LogP contribution in [-0.2, 0) is 11.2 Å². The van der Waals surface area contributed by atoms with Crippen molar-refractivity contribution >= 4 is 5.97 Å². The maximum absolute atomic E-state index is 13.4. The number of ether oxygens (including phenoxy) is 1. The van der Waals surface area contributed by atoms with Crippen molar-refractivity contribution in [2.75, 3.05) is 0 Å². The fourth-order valence-electron chi connectivity index (χ4n) is 3.96. The quantitative estimate of drug-likeness (QED) is 0.151. The highest BCUT2D eigenvalue weighted by atomic mass is 19.4. The van der Waals surface area contributed by atoms with Crippen LogP contribution >= 0.6 is 0 Å². The highest BCUT2D eigenvalue weighted by Crippen LogP contribution is 2.48. The van der Waals surface area contributed by atoms with Gasteiger partial charge in [0, 0.05) is 6.42 Å². The Kier molecular flexibility index (Phi) is 8.99. The van der Waals surface area contributed by atoms with Crippen molar-refractivity contribution in [2.24, 2.45) is 11.8 Å². The summed E-state index contributed by atoms with van der Waals surface area (Å²) in [7, 11) is 0. The molecule has 1 aliphatic carbocycles. The summed E-state index contributed by atoms with van der Waals surface area (Å²) in [4.78, 5) is 12.4. The molecule has 1 aliphatic rings. The number of hydrogen-bond acceptors (Lipinski definition) is 2. The number of aryl methyl sites for hydroxylation is 1. The Morgan fingerprint density at radius 1 is 0.938 bits per heavy atom. The molecule has 1 fully saturated rings. The highest BCUT2D eigenvalue weighted by Gasteiger charge is 2.72. The average molecular weight is 470 g/mol. The number of unbranched alkanes of at least 4 members (excludes halogenated alkanes) is 2. The minimum Gasteiger partial charge on any atom is -0.426 e. The van der Waals surface area contributed by atoms with Gasteiger partial charge in [0.25, 0.3) is 0 Å². The molecule has 0 aromatic heterocycles. The summed E-state index contributed by atoms with van der Waals surface area (Å²) >= 11 is 0. The molecular formula is C23H29F7O2. The number of rotatable bonds is 10. The van der Waals surface area contributed by atoms with Crippen molar-refractivity contribution in [2.45, 2.75) is 89.2 Å². The van der Waals surface area contributed by atoms with E-state index in [1.54, 1.807) is 0 Å². The van der Waals surface area contributed by atoms with Crippen molar-refractivity contribution in [3.05, 3.63) is 29.8 Å². The van der Waals surface area contributed by atoms with Crippen LogP contribution in [0.15, 0.2) is 24.3 Å². The van der Waals surface area contributed by atoms with E-state index in [0.29, 0.717) is 5.92 Å². The summed E-state index contributed by atoms with van der Waals surface area (Å²) in [6.45, 7) is 2.15. The molecule has 0 atom stereocenters. The molecule has 9 heteroatoms. The summed E-state index contributed by atoms with van der Waals surface area (Å²) in [5.74, 6) is -11.1. The average Bonchev–Trinajstić information content (AvgIpc) is 2.73. The summed E-state index contributed by atoms with van der Waals surface area (Å²) < 4.78 is 94.7. The van der Waals surface area contributed by atoms with Crippen molar-refractivity contribution in [3.63, 3.8) is 0 Å². The fourth-order valence-corrected chi connectivity index (χ4v) is 3.96. The highest BCUT2D eigenvalue weighted by molar-refractivity contribution is 5.75. The van der Waals surface area contributed by atoms with Gasteiger partial charge in [-0.25, -0.2) is 0 Å². The van der Waals surface area contributed by atoms with Crippen LogP contribution in [0.3, 0.4) is 0 Å². The molecule has 0 bridgehead atoms. The third-order valence-corrected chi connectivity index (χ3v) is 6.08. The zero-order valence-corrected chi connectivity index (χ0v) is 18.0. The molecule has 0 N–H and O–H groups in total. The number of esters is 1. The number of alkyl halides is 7. The van der Waals surface area contributed by atoms with Gasteiger partial charge in [-0.05, 0) is 55.7 Å². The molecule has 0 heterocycles. The summed E-state index contributed by atoms with van der Waals surface area (Å²) in [6, 6.07) is 5.19. The summed E-state index contributed by atoms with van der Waals surface area (Å²) in [5.41, 5.74) is 0.134. The molecule has 2 nitrogen and oxygen atoms in total. The van der Waals surface area contributed by atoms with Gasteiger partial charge in [-0.1, -0.05) is 44.7 Å². The van der Waals surface area contributed by atoms with Crippen molar-refractivity contribution in [1.82, 2.24) is 0 Å². The minimum atomic E-state index is -6.33. The topological polar surface area (TPSA) is 26.3 Å². The third kappa shape index (κ3) is 6.85. The fraction of sp³-hybridized carbons (Fsp3) is 0.696. The molecule has 0 aliphatic heterocycles. The molecule has 32 heavy (non-hydrogen) atoms. The van der Waals surface area contributed by atoms with E-state index in [-0.39, 0.29) is 23.2 Å². The first-order valence-corrected chi connectivity index (χ1v) is 11.0. The standard InChI is InChI=1S/C23H29F7O2/c1-2-3-4-5-16-6-10-18(11-7-16)20(31)32-19-12-8-17(9-13-19)14-15-21(24,25)22(26,27)23(28,29)30/h8-9,12-13,16,18H,2-7,10-11,14-15H2,1H3. The molecule has 1 aromatic rings. The predicted molar refractivity (Wildman–Crippen MR) is 106 cm³/mol. The van der Waals surface area contributed by atoms with E-state index in [1.165, 1.54) is 49.9 Å². The Morgan fingerprint density at radius 2 is 1.53 bits per heavy atom. The zero-order chi connectivity index (χ0) is 24.0. The van der Waals surface area contributed by atoms with E-state index in [0.717, 1.165) is 25.7 Å². The first-order valence-electron chi connectivity index (χ1n) is 11.0. The van der Waals surface area contributed by atoms with Crippen molar-refractivity contribution in [1.29, 1.82) is 0 Å². The molecular weight excluding hydrogens is 441 g/mol. The lowest BCUT2D eigenvalue weighted by molar-refractivity contribution is -0.355. The van der Waals surface area contributed by atoms with Crippen LogP contribution < -0.4 is 4.74 Å². The molecule has 1 saturated carbocycles. The maximum Gasteiger partial charge on any atom is 0.459 e. The monoisotopic (exact) mass is 470 g/mol. The van der Waals surface area contributed by atoms with Gasteiger partial charge in [0.05, 0.1) is 5.92 Å². The Labute approximate surface area is 183 Å². The second kappa shape index (κ2) is 10.9. The lowest BCUT2D eigenvalue weighted by Crippen LogP contribution is -2.52. The number of carbonyl (C=O) groups excluding carboxylic acids is 1. The number of carbonyl (C=O) groups is 1. The van der Waals surface area contributed by atoms with E-state index < -0.39 is 30.9 Å². The van der Waals surface area contributed by atoms with Crippen LogP contribution in [0, 0.1) is 11.8 Å². The van der Waals surface area contributed by atoms with Gasteiger partial charge in [-0.3, -0.25) is 4.79 Å². The van der Waals surface area contributed by atoms with E-state index in [1.807, 2.05) is 0 Å². The molecule has 0 unspecified atom stereocenters. The van der Waals surface area contributed by atoms with Crippen molar-refractivity contribution in [3.8, 4) is 5.75 Å². The number of hydrogen-bond donors (Lipinski definition) is 0. The third-order valence-electron chi connectivity index (χ3n) is 6.08. The lowest BCUT2D eigenvalue weighted by Gasteiger charge is -2.28. The first kappa shape index (κ1) is 26.5. The Hall–Kier alpha value is -1.80. The smallest absolute Gasteiger partial charge is 0.426 e. The minimum absolute atomic E-state index is 0.134. The second-order valence-electron chi connectivity index (χ2n) is 8.56. The molecule has 182 valence electrons. The van der Waals surface area contributed by atoms with Gasteiger partial charge in [0.15, 0.2) is 0 Å². The van der Waals surface area contributed by atoms with Gasteiger partial charge in [-0.2, -0.15) is 30.7 Å². The predicted octanol–water partition coefficient (Wildman–Crippen LogP) is 7.74. The van der Waals surface area contributed by atoms with Crippen LogP contribution in [-0.4, -0.2) is 24.0 Å². The Morgan fingerprint density at radius 3 is 2.06 bits per heavy atom. The largest absolute Gasteiger partial charge is 0.459 e. The van der Waals surface area contributed by atoms with Gasteiger partial charge in [0.2, 0.25) is 0 Å². The van der Waals surface area contributed by atoms with Crippen LogP contribution in [0.5, 0.6) is 5.75 Å². The molecule has 2 rings (SSSR count). The van der Waals surface area contributed by atoms with Gasteiger partial charge in [0.1, 0.15) is 5.75 Å². The lowest BCUT2D eigenvalue weighted by atomic mass is 9.80. The Bertz CT molecular complexity index is 721. The van der Waals surface area contributed by atoms with E-state index in [2.05, 4.69) is 6.92 Å². The SMILES string of the molecule is CCCCCC1CCC(C(=O)Oc2ccc(CCC(F)(F)C(F)(F)C(F)(F)F)cc2)CC1. The summed E-state index contributed by atoms with van der Waals surface area (Å²) in [5, 5.41) is 0. The van der Waals surface area contributed by atoms with Gasteiger partial charge < -0.3 is 4.74 Å². The van der Waals surface area contributed by atoms with Crippen LogP contribution in [0.4, 0.5) is 30.7 Å². The Balaban J connectivity index is 1.82. The number of benzene rings is 1. The van der Waals surface area contributed by atoms with Gasteiger partial charge >= 0.3 is 24.0 Å². The second-order valence-corrected chi connectivity index (χ2v) is 8.56. The molecule has 0 amide bonds. The molecule has 0 spiro atoms. The summed E-state index contributed by atoms with van der Waals surface area (Å²) in [6.07, 6.45) is -0.500. The molecule has 0 saturated heterocycles. The molecule has 1 aromatic carbocycles. The van der Waals surface area contributed by atoms with E-state index in [4.69, 9.17) is 4.74 Å². The molecule has 0 radical (unpaired) electrons. The van der Waals surface area contributed by atoms with Crippen LogP contribution in [0.25, 0.3) is 0 Å². The maximum atomic E-state index is 13.4.